The molecule has 1 aromatic carbocycles. The molecule has 1 amide bonds. The molecule has 6 heteroatoms. The molecule has 0 bridgehead atoms. The fraction of sp³-hybridized carbons (Fsp3) is 0.211. The number of imidazole rings is 1. The highest BCUT2D eigenvalue weighted by Gasteiger charge is 2.07. The summed E-state index contributed by atoms with van der Waals surface area (Å²) in [6.07, 6.45) is 5.52. The lowest BCUT2D eigenvalue weighted by molar-refractivity contribution is -0.121. The van der Waals surface area contributed by atoms with Crippen molar-refractivity contribution in [3.63, 3.8) is 0 Å². The zero-order valence-electron chi connectivity index (χ0n) is 13.7. The number of benzene rings is 1. The van der Waals surface area contributed by atoms with Gasteiger partial charge in [0.1, 0.15) is 5.82 Å². The van der Waals surface area contributed by atoms with Crippen molar-refractivity contribution in [1.82, 2.24) is 25.3 Å². The van der Waals surface area contributed by atoms with Crippen molar-refractivity contribution in [2.45, 2.75) is 19.3 Å². The van der Waals surface area contributed by atoms with Gasteiger partial charge in [-0.25, -0.2) is 9.97 Å². The normalized spacial score (nSPS) is 11.2. The highest BCUT2D eigenvalue weighted by atomic mass is 16.1. The Labute approximate surface area is 144 Å². The first-order valence-electron chi connectivity index (χ1n) is 8.41. The van der Waals surface area contributed by atoms with E-state index in [0.717, 1.165) is 23.3 Å². The highest BCUT2D eigenvalue weighted by molar-refractivity contribution is 5.83. The third-order valence-corrected chi connectivity index (χ3v) is 4.29. The van der Waals surface area contributed by atoms with Gasteiger partial charge in [-0.1, -0.05) is 18.2 Å². The first kappa shape index (κ1) is 15.4. The number of pyridine rings is 1. The minimum atomic E-state index is 0.0354. The summed E-state index contributed by atoms with van der Waals surface area (Å²) in [5.74, 6) is 0.828. The lowest BCUT2D eigenvalue weighted by atomic mass is 10.1. The molecule has 0 unspecified atom stereocenters. The van der Waals surface area contributed by atoms with E-state index in [2.05, 4.69) is 37.4 Å². The number of hydrogen-bond donors (Lipinski definition) is 3. The van der Waals surface area contributed by atoms with Gasteiger partial charge in [-0.3, -0.25) is 4.79 Å². The third kappa shape index (κ3) is 3.38. The smallest absolute Gasteiger partial charge is 0.220 e. The predicted octanol–water partition coefficient (Wildman–Crippen LogP) is 2.73. The van der Waals surface area contributed by atoms with Crippen molar-refractivity contribution in [2.24, 2.45) is 0 Å². The van der Waals surface area contributed by atoms with Gasteiger partial charge in [-0.05, 0) is 30.2 Å². The largest absolute Gasteiger partial charge is 0.361 e. The molecule has 0 saturated carbocycles. The lowest BCUT2D eigenvalue weighted by Gasteiger charge is -2.04. The Morgan fingerprint density at radius 1 is 1.08 bits per heavy atom. The molecule has 0 radical (unpaired) electrons. The van der Waals surface area contributed by atoms with Crippen LogP contribution in [0.1, 0.15) is 17.8 Å². The first-order valence-corrected chi connectivity index (χ1v) is 8.41. The van der Waals surface area contributed by atoms with Gasteiger partial charge in [0.25, 0.3) is 0 Å². The van der Waals surface area contributed by atoms with Gasteiger partial charge in [0.05, 0.1) is 5.52 Å². The van der Waals surface area contributed by atoms with E-state index in [-0.39, 0.29) is 5.91 Å². The maximum Gasteiger partial charge on any atom is 0.220 e. The molecular weight excluding hydrogens is 314 g/mol. The lowest BCUT2D eigenvalue weighted by Crippen LogP contribution is -2.25. The Kier molecular flexibility index (Phi) is 4.16. The van der Waals surface area contributed by atoms with Crippen LogP contribution in [0.25, 0.3) is 22.1 Å². The topological polar surface area (TPSA) is 86.5 Å². The summed E-state index contributed by atoms with van der Waals surface area (Å²) in [6, 6.07) is 12.0. The van der Waals surface area contributed by atoms with Crippen LogP contribution in [0.4, 0.5) is 0 Å². The number of H-pyrrole nitrogens is 2. The maximum absolute atomic E-state index is 12.0. The van der Waals surface area contributed by atoms with Crippen molar-refractivity contribution in [2.75, 3.05) is 6.54 Å². The molecule has 0 aliphatic carbocycles. The number of carbonyl (C=O) groups is 1. The molecule has 0 aliphatic heterocycles. The van der Waals surface area contributed by atoms with Crippen LogP contribution in [0, 0.1) is 0 Å². The Bertz CT molecular complexity index is 984. The molecule has 6 nitrogen and oxygen atoms in total. The SMILES string of the molecule is O=C(CCc1nc2ncccc2[nH]1)NCCc1c[nH]c2ccccc12. The van der Waals surface area contributed by atoms with E-state index < -0.39 is 0 Å². The predicted molar refractivity (Wildman–Crippen MR) is 97.2 cm³/mol. The molecule has 0 atom stereocenters. The van der Waals surface area contributed by atoms with Gasteiger partial charge in [0.15, 0.2) is 5.65 Å². The second-order valence-electron chi connectivity index (χ2n) is 6.02. The number of nitrogens with one attached hydrogen (secondary N) is 3. The molecule has 3 N–H and O–H groups in total. The number of carbonyl (C=O) groups excluding carboxylic acids is 1. The number of rotatable bonds is 6. The summed E-state index contributed by atoms with van der Waals surface area (Å²) in [5.41, 5.74) is 3.94. The minimum Gasteiger partial charge on any atom is -0.361 e. The van der Waals surface area contributed by atoms with Crippen LogP contribution in [0.5, 0.6) is 0 Å². The summed E-state index contributed by atoms with van der Waals surface area (Å²) >= 11 is 0. The number of aryl methyl sites for hydroxylation is 1. The molecule has 4 rings (SSSR count). The monoisotopic (exact) mass is 333 g/mol. The summed E-state index contributed by atoms with van der Waals surface area (Å²) in [5, 5.41) is 4.19. The first-order chi connectivity index (χ1) is 12.3. The van der Waals surface area contributed by atoms with Gasteiger partial charge in [-0.15, -0.1) is 0 Å². The van der Waals surface area contributed by atoms with Crippen molar-refractivity contribution < 1.29 is 4.79 Å². The standard InChI is InChI=1S/C19H19N5O/c25-18(8-7-17-23-16-6-3-10-21-19(16)24-17)20-11-9-13-12-22-15-5-2-1-4-14(13)15/h1-6,10,12,22H,7-9,11H2,(H,20,25)(H,21,23,24). The van der Waals surface area contributed by atoms with Crippen LogP contribution in [-0.4, -0.2) is 32.4 Å². The van der Waals surface area contributed by atoms with Crippen LogP contribution in [0.15, 0.2) is 48.8 Å². The van der Waals surface area contributed by atoms with Crippen molar-refractivity contribution >= 4 is 28.0 Å². The number of para-hydroxylation sites is 1. The van der Waals surface area contributed by atoms with E-state index in [1.807, 2.05) is 30.5 Å². The Morgan fingerprint density at radius 3 is 2.88 bits per heavy atom. The van der Waals surface area contributed by atoms with Crippen LogP contribution in [0.3, 0.4) is 0 Å². The summed E-state index contributed by atoms with van der Waals surface area (Å²) < 4.78 is 0. The van der Waals surface area contributed by atoms with Crippen LogP contribution < -0.4 is 5.32 Å². The summed E-state index contributed by atoms with van der Waals surface area (Å²) in [6.45, 7) is 0.627. The van der Waals surface area contributed by atoms with Crippen LogP contribution >= 0.6 is 0 Å². The fourth-order valence-corrected chi connectivity index (χ4v) is 3.01. The van der Waals surface area contributed by atoms with Gasteiger partial charge >= 0.3 is 0 Å². The maximum atomic E-state index is 12.0. The Balaban J connectivity index is 1.27. The average molecular weight is 333 g/mol. The number of aromatic amines is 2. The molecule has 25 heavy (non-hydrogen) atoms. The van der Waals surface area contributed by atoms with Gasteiger partial charge in [0.2, 0.25) is 5.91 Å². The molecule has 3 aromatic heterocycles. The van der Waals surface area contributed by atoms with Gasteiger partial charge < -0.3 is 15.3 Å². The van der Waals surface area contributed by atoms with Crippen molar-refractivity contribution in [3.05, 3.63) is 60.2 Å². The molecule has 4 aromatic rings. The number of amides is 1. The zero-order valence-corrected chi connectivity index (χ0v) is 13.7. The second-order valence-corrected chi connectivity index (χ2v) is 6.02. The molecular formula is C19H19N5O. The number of fused-ring (bicyclic) bond motifs is 2. The van der Waals surface area contributed by atoms with Crippen LogP contribution in [-0.2, 0) is 17.6 Å². The average Bonchev–Trinajstić information content (AvgIpc) is 3.24. The van der Waals surface area contributed by atoms with E-state index in [1.165, 1.54) is 10.9 Å². The molecule has 0 saturated heterocycles. The molecule has 0 spiro atoms. The second kappa shape index (κ2) is 6.76. The van der Waals surface area contributed by atoms with Crippen LogP contribution in [0.2, 0.25) is 0 Å². The van der Waals surface area contributed by atoms with E-state index in [9.17, 15) is 4.79 Å². The van der Waals surface area contributed by atoms with Gasteiger partial charge in [0, 0.05) is 42.7 Å². The van der Waals surface area contributed by atoms with E-state index in [4.69, 9.17) is 0 Å². The molecule has 0 fully saturated rings. The molecule has 3 heterocycles. The molecule has 126 valence electrons. The van der Waals surface area contributed by atoms with Crippen molar-refractivity contribution in [1.29, 1.82) is 0 Å². The van der Waals surface area contributed by atoms with Gasteiger partial charge in [-0.2, -0.15) is 0 Å². The fourth-order valence-electron chi connectivity index (χ4n) is 3.01. The molecule has 0 aliphatic rings. The quantitative estimate of drug-likeness (QED) is 0.507. The van der Waals surface area contributed by atoms with E-state index >= 15 is 0 Å². The highest BCUT2D eigenvalue weighted by Crippen LogP contribution is 2.17. The minimum absolute atomic E-state index is 0.0354. The summed E-state index contributed by atoms with van der Waals surface area (Å²) in [4.78, 5) is 27.1. The van der Waals surface area contributed by atoms with Crippen molar-refractivity contribution in [3.8, 4) is 0 Å². The van der Waals surface area contributed by atoms with E-state index in [1.54, 1.807) is 6.20 Å². The number of nitrogens with zero attached hydrogens (tertiary/aromatic N) is 2. The summed E-state index contributed by atoms with van der Waals surface area (Å²) in [7, 11) is 0. The Morgan fingerprint density at radius 2 is 1.96 bits per heavy atom. The Hall–Kier alpha value is -3.15. The van der Waals surface area contributed by atoms with E-state index in [0.29, 0.717) is 25.0 Å². The number of hydrogen-bond acceptors (Lipinski definition) is 3. The third-order valence-electron chi connectivity index (χ3n) is 4.29. The zero-order chi connectivity index (χ0) is 17.1. The number of aromatic nitrogens is 4.